The molecule has 28 heavy (non-hydrogen) atoms. The summed E-state index contributed by atoms with van der Waals surface area (Å²) in [4.78, 5) is 14.5. The number of likely N-dealkylation sites (tertiary alicyclic amines) is 1. The highest BCUT2D eigenvalue weighted by atomic mass is 16.5. The zero-order chi connectivity index (χ0) is 20.1. The first-order chi connectivity index (χ1) is 13.5. The standard InChI is InChI=1S/C19H29N3O6/c1-26-13-7-12(8-14(9-13)27-2)21-19(25)20-10-15-17(22-5-3-4-6-22)18(24)16(11-23)28-15/h7-9,15-18,23-24H,3-6,10-11H2,1-2H3,(H2,20,21,25)/t15-,16+,17+,18-/m1/s1. The van der Waals surface area contributed by atoms with Crippen molar-refractivity contribution in [2.45, 2.75) is 37.2 Å². The lowest BCUT2D eigenvalue weighted by Crippen LogP contribution is -2.50. The van der Waals surface area contributed by atoms with Gasteiger partial charge in [-0.15, -0.1) is 0 Å². The van der Waals surface area contributed by atoms with Gasteiger partial charge in [-0.2, -0.15) is 0 Å². The van der Waals surface area contributed by atoms with E-state index in [1.807, 2.05) is 0 Å². The first-order valence-electron chi connectivity index (χ1n) is 9.52. The van der Waals surface area contributed by atoms with Gasteiger partial charge in [-0.3, -0.25) is 4.90 Å². The van der Waals surface area contributed by atoms with Crippen molar-refractivity contribution in [2.24, 2.45) is 0 Å². The maximum absolute atomic E-state index is 12.3. The smallest absolute Gasteiger partial charge is 0.319 e. The van der Waals surface area contributed by atoms with Crippen LogP contribution in [0.15, 0.2) is 18.2 Å². The van der Waals surface area contributed by atoms with E-state index in [1.165, 1.54) is 14.2 Å². The third-order valence-electron chi connectivity index (χ3n) is 5.28. The molecule has 9 nitrogen and oxygen atoms in total. The van der Waals surface area contributed by atoms with E-state index in [0.717, 1.165) is 25.9 Å². The fraction of sp³-hybridized carbons (Fsp3) is 0.632. The number of nitrogens with one attached hydrogen (secondary N) is 2. The molecule has 0 saturated carbocycles. The number of hydrogen-bond donors (Lipinski definition) is 4. The number of benzene rings is 1. The second kappa shape index (κ2) is 9.42. The molecule has 0 radical (unpaired) electrons. The molecular weight excluding hydrogens is 366 g/mol. The summed E-state index contributed by atoms with van der Waals surface area (Å²) in [6.07, 6.45) is 0.343. The van der Waals surface area contributed by atoms with E-state index in [1.54, 1.807) is 18.2 Å². The van der Waals surface area contributed by atoms with Gasteiger partial charge in [-0.1, -0.05) is 0 Å². The third-order valence-corrected chi connectivity index (χ3v) is 5.28. The Labute approximate surface area is 164 Å². The van der Waals surface area contributed by atoms with Crippen LogP contribution < -0.4 is 20.1 Å². The van der Waals surface area contributed by atoms with E-state index >= 15 is 0 Å². The van der Waals surface area contributed by atoms with Crippen LogP contribution in [0.5, 0.6) is 11.5 Å². The molecule has 2 heterocycles. The molecule has 0 unspecified atom stereocenters. The molecule has 0 aliphatic carbocycles. The number of nitrogens with zero attached hydrogens (tertiary/aromatic N) is 1. The van der Waals surface area contributed by atoms with E-state index in [2.05, 4.69) is 15.5 Å². The third kappa shape index (κ3) is 4.67. The maximum Gasteiger partial charge on any atom is 0.319 e. The Morgan fingerprint density at radius 2 is 1.82 bits per heavy atom. The number of ether oxygens (including phenoxy) is 3. The highest BCUT2D eigenvalue weighted by Gasteiger charge is 2.46. The van der Waals surface area contributed by atoms with Gasteiger partial charge in [0.15, 0.2) is 0 Å². The van der Waals surface area contributed by atoms with Gasteiger partial charge in [0.1, 0.15) is 23.7 Å². The maximum atomic E-state index is 12.3. The minimum absolute atomic E-state index is 0.224. The molecule has 0 spiro atoms. The van der Waals surface area contributed by atoms with Gasteiger partial charge in [-0.05, 0) is 25.9 Å². The Morgan fingerprint density at radius 3 is 2.39 bits per heavy atom. The number of aliphatic hydroxyl groups is 2. The molecule has 156 valence electrons. The molecule has 3 rings (SSSR count). The molecule has 1 aromatic rings. The van der Waals surface area contributed by atoms with Crippen LogP contribution >= 0.6 is 0 Å². The predicted molar refractivity (Wildman–Crippen MR) is 103 cm³/mol. The molecule has 2 aliphatic rings. The zero-order valence-corrected chi connectivity index (χ0v) is 16.3. The first kappa shape index (κ1) is 20.7. The number of urea groups is 1. The summed E-state index contributed by atoms with van der Waals surface area (Å²) in [5, 5.41) is 25.5. The van der Waals surface area contributed by atoms with E-state index in [4.69, 9.17) is 14.2 Å². The van der Waals surface area contributed by atoms with Crippen LogP contribution in [0.3, 0.4) is 0 Å². The summed E-state index contributed by atoms with van der Waals surface area (Å²) in [6, 6.07) is 4.45. The number of amides is 2. The molecule has 0 bridgehead atoms. The number of methoxy groups -OCH3 is 2. The van der Waals surface area contributed by atoms with Crippen LogP contribution in [0.25, 0.3) is 0 Å². The molecule has 9 heteroatoms. The summed E-state index contributed by atoms with van der Waals surface area (Å²) < 4.78 is 16.2. The Hall–Kier alpha value is -2.07. The van der Waals surface area contributed by atoms with Crippen molar-refractivity contribution >= 4 is 11.7 Å². The van der Waals surface area contributed by atoms with Crippen molar-refractivity contribution in [1.29, 1.82) is 0 Å². The van der Waals surface area contributed by atoms with Crippen LogP contribution in [-0.4, -0.2) is 86.0 Å². The van der Waals surface area contributed by atoms with Crippen molar-refractivity contribution in [3.8, 4) is 11.5 Å². The average Bonchev–Trinajstić information content (AvgIpc) is 3.33. The molecule has 1 aromatic carbocycles. The molecular formula is C19H29N3O6. The Kier molecular flexibility index (Phi) is 6.95. The van der Waals surface area contributed by atoms with Gasteiger partial charge in [0.05, 0.1) is 33.0 Å². The minimum Gasteiger partial charge on any atom is -0.497 e. The molecule has 4 N–H and O–H groups in total. The largest absolute Gasteiger partial charge is 0.497 e. The van der Waals surface area contributed by atoms with Crippen molar-refractivity contribution in [3.63, 3.8) is 0 Å². The van der Waals surface area contributed by atoms with Crippen molar-refractivity contribution in [2.75, 3.05) is 45.8 Å². The summed E-state index contributed by atoms with van der Waals surface area (Å²) in [6.45, 7) is 1.74. The zero-order valence-electron chi connectivity index (χ0n) is 16.3. The summed E-state index contributed by atoms with van der Waals surface area (Å²) in [7, 11) is 3.08. The topological polar surface area (TPSA) is 113 Å². The van der Waals surface area contributed by atoms with Crippen molar-refractivity contribution < 1.29 is 29.2 Å². The highest BCUT2D eigenvalue weighted by Crippen LogP contribution is 2.28. The molecule has 4 atom stereocenters. The molecule has 0 aromatic heterocycles. The highest BCUT2D eigenvalue weighted by molar-refractivity contribution is 5.89. The van der Waals surface area contributed by atoms with Gasteiger partial charge in [-0.25, -0.2) is 4.79 Å². The van der Waals surface area contributed by atoms with E-state index in [-0.39, 0.29) is 19.2 Å². The molecule has 2 saturated heterocycles. The van der Waals surface area contributed by atoms with E-state index in [9.17, 15) is 15.0 Å². The quantitative estimate of drug-likeness (QED) is 0.529. The van der Waals surface area contributed by atoms with Crippen LogP contribution in [0.4, 0.5) is 10.5 Å². The predicted octanol–water partition coefficient (Wildman–Crippen LogP) is 0.410. The minimum atomic E-state index is -0.777. The van der Waals surface area contributed by atoms with Gasteiger partial charge >= 0.3 is 6.03 Å². The van der Waals surface area contributed by atoms with Crippen LogP contribution in [0, 0.1) is 0 Å². The van der Waals surface area contributed by atoms with E-state index in [0.29, 0.717) is 17.2 Å². The Bertz CT molecular complexity index is 645. The number of carbonyl (C=O) groups is 1. The van der Waals surface area contributed by atoms with E-state index < -0.39 is 24.3 Å². The van der Waals surface area contributed by atoms with Gasteiger partial charge in [0, 0.05) is 30.4 Å². The SMILES string of the molecule is COc1cc(NC(=O)NC[C@H]2O[C@@H](CO)[C@@H](O)[C@H]2N2CCCC2)cc(OC)c1. The second-order valence-electron chi connectivity index (χ2n) is 7.06. The fourth-order valence-electron chi connectivity index (χ4n) is 3.88. The molecule has 2 fully saturated rings. The second-order valence-corrected chi connectivity index (χ2v) is 7.06. The van der Waals surface area contributed by atoms with Crippen molar-refractivity contribution in [3.05, 3.63) is 18.2 Å². The normalized spacial score (nSPS) is 27.6. The monoisotopic (exact) mass is 395 g/mol. The van der Waals surface area contributed by atoms with Crippen LogP contribution in [0.1, 0.15) is 12.8 Å². The molecule has 2 aliphatic heterocycles. The number of rotatable bonds is 7. The lowest BCUT2D eigenvalue weighted by atomic mass is 10.0. The number of carbonyl (C=O) groups excluding carboxylic acids is 1. The van der Waals surface area contributed by atoms with Gasteiger partial charge in [0.2, 0.25) is 0 Å². The van der Waals surface area contributed by atoms with Gasteiger partial charge in [0.25, 0.3) is 0 Å². The fourth-order valence-corrected chi connectivity index (χ4v) is 3.88. The Balaban J connectivity index is 1.60. The molecule has 2 amide bonds. The number of aliphatic hydroxyl groups excluding tert-OH is 2. The summed E-state index contributed by atoms with van der Waals surface area (Å²) in [5.41, 5.74) is 0.533. The van der Waals surface area contributed by atoms with Crippen LogP contribution in [-0.2, 0) is 4.74 Å². The summed E-state index contributed by atoms with van der Waals surface area (Å²) in [5.74, 6) is 1.13. The van der Waals surface area contributed by atoms with Crippen molar-refractivity contribution in [1.82, 2.24) is 10.2 Å². The van der Waals surface area contributed by atoms with Crippen LogP contribution in [0.2, 0.25) is 0 Å². The average molecular weight is 395 g/mol. The Morgan fingerprint density at radius 1 is 1.18 bits per heavy atom. The first-order valence-corrected chi connectivity index (χ1v) is 9.52. The van der Waals surface area contributed by atoms with Gasteiger partial charge < -0.3 is 35.1 Å². The lowest BCUT2D eigenvalue weighted by molar-refractivity contribution is -0.0205. The summed E-state index contributed by atoms with van der Waals surface area (Å²) >= 11 is 0. The number of hydrogen-bond acceptors (Lipinski definition) is 7. The number of anilines is 1. The lowest BCUT2D eigenvalue weighted by Gasteiger charge is -2.30.